The van der Waals surface area contributed by atoms with E-state index in [9.17, 15) is 14.9 Å². The summed E-state index contributed by atoms with van der Waals surface area (Å²) < 4.78 is 1.58. The van der Waals surface area contributed by atoms with Crippen molar-refractivity contribution in [2.24, 2.45) is 0 Å². The van der Waals surface area contributed by atoms with Gasteiger partial charge in [0.15, 0.2) is 0 Å². The first-order valence-electron chi connectivity index (χ1n) is 6.43. The van der Waals surface area contributed by atoms with Crippen molar-refractivity contribution in [1.82, 2.24) is 15.2 Å². The van der Waals surface area contributed by atoms with E-state index in [1.165, 1.54) is 12.3 Å². The van der Waals surface area contributed by atoms with E-state index in [0.29, 0.717) is 18.8 Å². The number of aromatic nitrogens is 1. The average molecular weight is 268 g/mol. The minimum atomic E-state index is -0.492. The molecule has 0 radical (unpaired) electrons. The molecule has 106 valence electrons. The van der Waals surface area contributed by atoms with Crippen LogP contribution in [0, 0.1) is 10.1 Å². The Labute approximate surface area is 112 Å². The van der Waals surface area contributed by atoms with E-state index in [-0.39, 0.29) is 11.6 Å². The molecular weight excluding hydrogens is 248 g/mol. The topological polar surface area (TPSA) is 89.2 Å². The van der Waals surface area contributed by atoms with Crippen LogP contribution >= 0.6 is 0 Å². The number of carbonyl (C=O) groups excluding carboxylic acids is 1. The van der Waals surface area contributed by atoms with Crippen LogP contribution in [-0.4, -0.2) is 35.0 Å². The maximum Gasteiger partial charge on any atom is 0.287 e. The second-order valence-corrected chi connectivity index (χ2v) is 4.09. The van der Waals surface area contributed by atoms with Gasteiger partial charge in [-0.15, -0.1) is 0 Å². The highest BCUT2D eigenvalue weighted by molar-refractivity contribution is 5.93. The van der Waals surface area contributed by atoms with Crippen molar-refractivity contribution < 1.29 is 9.72 Å². The third-order valence-corrected chi connectivity index (χ3v) is 2.73. The third-order valence-electron chi connectivity index (χ3n) is 2.73. The molecule has 0 atom stereocenters. The van der Waals surface area contributed by atoms with E-state index in [1.807, 2.05) is 13.8 Å². The molecule has 1 aromatic heterocycles. The average Bonchev–Trinajstić information content (AvgIpc) is 2.82. The highest BCUT2D eigenvalue weighted by Gasteiger charge is 2.18. The zero-order valence-corrected chi connectivity index (χ0v) is 11.3. The van der Waals surface area contributed by atoms with Gasteiger partial charge in [0.2, 0.25) is 0 Å². The second-order valence-electron chi connectivity index (χ2n) is 4.09. The molecule has 0 fully saturated rings. The highest BCUT2D eigenvalue weighted by Crippen LogP contribution is 2.16. The van der Waals surface area contributed by atoms with E-state index in [2.05, 4.69) is 10.6 Å². The standard InChI is InChI=1S/C12H20N4O3/c1-3-13-6-5-7-14-12(17)11-8-10(16(18)19)9-15(11)4-2/h8-9,13H,3-7H2,1-2H3,(H,14,17). The largest absolute Gasteiger partial charge is 0.351 e. The zero-order chi connectivity index (χ0) is 14.3. The summed E-state index contributed by atoms with van der Waals surface area (Å²) in [4.78, 5) is 22.1. The first-order valence-corrected chi connectivity index (χ1v) is 6.43. The molecule has 2 N–H and O–H groups in total. The molecule has 0 aliphatic heterocycles. The number of nitro groups is 1. The fraction of sp³-hybridized carbons (Fsp3) is 0.583. The maximum atomic E-state index is 11.9. The maximum absolute atomic E-state index is 11.9. The fourth-order valence-electron chi connectivity index (χ4n) is 1.73. The second kappa shape index (κ2) is 7.52. The van der Waals surface area contributed by atoms with Gasteiger partial charge >= 0.3 is 0 Å². The van der Waals surface area contributed by atoms with Gasteiger partial charge in [-0.3, -0.25) is 14.9 Å². The lowest BCUT2D eigenvalue weighted by Crippen LogP contribution is -2.28. The molecule has 0 aliphatic carbocycles. The summed E-state index contributed by atoms with van der Waals surface area (Å²) in [6, 6.07) is 1.31. The molecule has 0 aliphatic rings. The number of amides is 1. The zero-order valence-electron chi connectivity index (χ0n) is 11.3. The molecule has 0 saturated carbocycles. The van der Waals surface area contributed by atoms with Crippen LogP contribution in [0.15, 0.2) is 12.3 Å². The minimum absolute atomic E-state index is 0.0559. The molecule has 1 aromatic rings. The van der Waals surface area contributed by atoms with E-state index < -0.39 is 4.92 Å². The monoisotopic (exact) mass is 268 g/mol. The van der Waals surface area contributed by atoms with Gasteiger partial charge in [0, 0.05) is 19.2 Å². The predicted molar refractivity (Wildman–Crippen MR) is 72.3 cm³/mol. The van der Waals surface area contributed by atoms with Crippen molar-refractivity contribution in [2.75, 3.05) is 19.6 Å². The highest BCUT2D eigenvalue weighted by atomic mass is 16.6. The van der Waals surface area contributed by atoms with Crippen molar-refractivity contribution in [3.8, 4) is 0 Å². The molecule has 1 rings (SSSR count). The van der Waals surface area contributed by atoms with Gasteiger partial charge in [-0.05, 0) is 26.4 Å². The summed E-state index contributed by atoms with van der Waals surface area (Å²) in [7, 11) is 0. The minimum Gasteiger partial charge on any atom is -0.351 e. The molecule has 1 heterocycles. The number of aryl methyl sites for hydroxylation is 1. The van der Waals surface area contributed by atoms with E-state index >= 15 is 0 Å². The van der Waals surface area contributed by atoms with Crippen LogP contribution in [0.1, 0.15) is 30.8 Å². The van der Waals surface area contributed by atoms with Crippen LogP contribution in [0.2, 0.25) is 0 Å². The van der Waals surface area contributed by atoms with Crippen LogP contribution in [0.5, 0.6) is 0 Å². The first kappa shape index (κ1) is 15.2. The first-order chi connectivity index (χ1) is 9.10. The molecule has 0 unspecified atom stereocenters. The lowest BCUT2D eigenvalue weighted by Gasteiger charge is -2.07. The van der Waals surface area contributed by atoms with Crippen LogP contribution in [0.4, 0.5) is 5.69 Å². The van der Waals surface area contributed by atoms with Crippen LogP contribution in [-0.2, 0) is 6.54 Å². The number of carbonyl (C=O) groups is 1. The van der Waals surface area contributed by atoms with Gasteiger partial charge in [0.25, 0.3) is 11.6 Å². The Morgan fingerprint density at radius 1 is 1.42 bits per heavy atom. The van der Waals surface area contributed by atoms with Crippen molar-refractivity contribution in [3.63, 3.8) is 0 Å². The Hall–Kier alpha value is -1.89. The Kier molecular flexibility index (Phi) is 6.01. The molecule has 7 heteroatoms. The number of hydrogen-bond acceptors (Lipinski definition) is 4. The summed E-state index contributed by atoms with van der Waals surface area (Å²) >= 11 is 0. The molecule has 7 nitrogen and oxygen atoms in total. The van der Waals surface area contributed by atoms with E-state index in [1.54, 1.807) is 4.57 Å². The van der Waals surface area contributed by atoms with Crippen LogP contribution in [0.3, 0.4) is 0 Å². The molecule has 0 aromatic carbocycles. The third kappa shape index (κ3) is 4.36. The summed E-state index contributed by atoms with van der Waals surface area (Å²) in [5.41, 5.74) is 0.275. The Balaban J connectivity index is 2.58. The summed E-state index contributed by atoms with van der Waals surface area (Å²) in [6.07, 6.45) is 2.21. The lowest BCUT2D eigenvalue weighted by atomic mass is 10.3. The van der Waals surface area contributed by atoms with Gasteiger partial charge in [-0.25, -0.2) is 0 Å². The van der Waals surface area contributed by atoms with Gasteiger partial charge in [-0.1, -0.05) is 6.92 Å². The SMILES string of the molecule is CCNCCCNC(=O)c1cc([N+](=O)[O-])cn1CC. The van der Waals surface area contributed by atoms with E-state index in [0.717, 1.165) is 19.5 Å². The van der Waals surface area contributed by atoms with Gasteiger partial charge in [0.05, 0.1) is 11.1 Å². The molecule has 0 saturated heterocycles. The number of nitrogens with zero attached hydrogens (tertiary/aromatic N) is 2. The van der Waals surface area contributed by atoms with E-state index in [4.69, 9.17) is 0 Å². The van der Waals surface area contributed by atoms with Crippen LogP contribution < -0.4 is 10.6 Å². The predicted octanol–water partition coefficient (Wildman–Crippen LogP) is 1.15. The normalized spacial score (nSPS) is 10.4. The van der Waals surface area contributed by atoms with Crippen molar-refractivity contribution in [1.29, 1.82) is 0 Å². The smallest absolute Gasteiger partial charge is 0.287 e. The molecule has 1 amide bonds. The van der Waals surface area contributed by atoms with Crippen molar-refractivity contribution in [3.05, 3.63) is 28.1 Å². The molecule has 0 spiro atoms. The Morgan fingerprint density at radius 2 is 2.16 bits per heavy atom. The Morgan fingerprint density at radius 3 is 2.74 bits per heavy atom. The quantitative estimate of drug-likeness (QED) is 0.420. The lowest BCUT2D eigenvalue weighted by molar-refractivity contribution is -0.384. The summed E-state index contributed by atoms with van der Waals surface area (Å²) in [6.45, 7) is 6.67. The van der Waals surface area contributed by atoms with Crippen molar-refractivity contribution >= 4 is 11.6 Å². The summed E-state index contributed by atoms with van der Waals surface area (Å²) in [5, 5.41) is 16.6. The van der Waals surface area contributed by atoms with Gasteiger partial charge in [0.1, 0.15) is 5.69 Å². The van der Waals surface area contributed by atoms with Gasteiger partial charge in [-0.2, -0.15) is 0 Å². The summed E-state index contributed by atoms with van der Waals surface area (Å²) in [5.74, 6) is -0.272. The Bertz CT molecular complexity index is 442. The van der Waals surface area contributed by atoms with Crippen LogP contribution in [0.25, 0.3) is 0 Å². The number of nitrogens with one attached hydrogen (secondary N) is 2. The number of hydrogen-bond donors (Lipinski definition) is 2. The fourth-order valence-corrected chi connectivity index (χ4v) is 1.73. The number of rotatable bonds is 8. The molecule has 0 bridgehead atoms. The van der Waals surface area contributed by atoms with Gasteiger partial charge < -0.3 is 15.2 Å². The molecular formula is C12H20N4O3. The van der Waals surface area contributed by atoms with Crippen molar-refractivity contribution in [2.45, 2.75) is 26.8 Å². The molecule has 19 heavy (non-hydrogen) atoms.